The van der Waals surface area contributed by atoms with Crippen LogP contribution in [0.1, 0.15) is 181 Å². The summed E-state index contributed by atoms with van der Waals surface area (Å²) in [6, 6.07) is 0. The van der Waals surface area contributed by atoms with Gasteiger partial charge in [-0.15, -0.1) is 0 Å². The van der Waals surface area contributed by atoms with E-state index in [1.165, 1.54) is 25.7 Å². The molecule has 0 aromatic carbocycles. The minimum Gasteiger partial charge on any atom is -0.463 e. The van der Waals surface area contributed by atoms with Crippen LogP contribution in [-0.2, 0) is 46.3 Å². The molecule has 0 aliphatic rings. The lowest BCUT2D eigenvalue weighted by Gasteiger charge is -2.19. The van der Waals surface area contributed by atoms with Crippen LogP contribution in [0.3, 0.4) is 0 Å². The molecule has 0 rings (SSSR count). The van der Waals surface area contributed by atoms with Crippen molar-refractivity contribution < 1.29 is 71.4 Å². The van der Waals surface area contributed by atoms with Crippen molar-refractivity contribution in [3.8, 4) is 0 Å². The van der Waals surface area contributed by atoms with Crippen LogP contribution in [0, 0.1) is 0 Å². The molecule has 17 heteroatoms. The molecule has 0 radical (unpaired) electrons. The predicted molar refractivity (Wildman–Crippen MR) is 288 cm³/mol. The Morgan fingerprint density at radius 3 is 0.958 bits per heavy atom. The van der Waals surface area contributed by atoms with E-state index in [0.29, 0.717) is 12.8 Å². The normalized spacial score (nSPS) is 15.6. The van der Waals surface area contributed by atoms with E-state index in [0.717, 1.165) is 116 Å². The van der Waals surface area contributed by atoms with Crippen LogP contribution in [0.2, 0.25) is 0 Å². The van der Waals surface area contributed by atoms with Crippen LogP contribution in [0.15, 0.2) is 97.2 Å². The first-order chi connectivity index (χ1) is 34.8. The van der Waals surface area contributed by atoms with Gasteiger partial charge in [0.1, 0.15) is 31.5 Å². The van der Waals surface area contributed by atoms with Crippen LogP contribution in [0.4, 0.5) is 0 Å². The lowest BCUT2D eigenvalue weighted by molar-refractivity contribution is -0.148. The summed E-state index contributed by atoms with van der Waals surface area (Å²) in [5, 5.41) is 30.1. The number of aliphatic hydroxyl groups is 3. The van der Waals surface area contributed by atoms with Gasteiger partial charge in [-0.25, -0.2) is 9.13 Å². The zero-order valence-electron chi connectivity index (χ0n) is 43.8. The number of aliphatic hydroxyl groups excluding tert-OH is 3. The molecule has 0 aromatic heterocycles. The van der Waals surface area contributed by atoms with Gasteiger partial charge < -0.3 is 34.6 Å². The van der Waals surface area contributed by atoms with E-state index in [-0.39, 0.29) is 12.8 Å². The summed E-state index contributed by atoms with van der Waals surface area (Å²) in [4.78, 5) is 43.9. The van der Waals surface area contributed by atoms with E-state index in [9.17, 15) is 43.8 Å². The second-order valence-corrected chi connectivity index (χ2v) is 20.4. The van der Waals surface area contributed by atoms with Crippen molar-refractivity contribution in [2.75, 3.05) is 39.6 Å². The molecule has 0 aliphatic heterocycles. The highest BCUT2D eigenvalue weighted by Crippen LogP contribution is 2.45. The fraction of sp³-hybridized carbons (Fsp3) is 0.673. The van der Waals surface area contributed by atoms with Crippen LogP contribution in [-0.4, -0.2) is 95.0 Å². The maximum Gasteiger partial charge on any atom is 0.472 e. The largest absolute Gasteiger partial charge is 0.472 e. The number of phosphoric ester groups is 2. The van der Waals surface area contributed by atoms with E-state index >= 15 is 0 Å². The van der Waals surface area contributed by atoms with Crippen LogP contribution >= 0.6 is 15.6 Å². The zero-order chi connectivity index (χ0) is 53.1. The van der Waals surface area contributed by atoms with Crippen molar-refractivity contribution in [1.29, 1.82) is 0 Å². The van der Waals surface area contributed by atoms with Gasteiger partial charge in [0.25, 0.3) is 0 Å². The fourth-order valence-electron chi connectivity index (χ4n) is 6.42. The number of allylic oxidation sites excluding steroid dienone is 16. The lowest BCUT2D eigenvalue weighted by Crippen LogP contribution is -2.25. The number of carbonyl (C=O) groups is 2. The lowest BCUT2D eigenvalue weighted by atomic mass is 10.1. The highest BCUT2D eigenvalue weighted by molar-refractivity contribution is 7.47. The summed E-state index contributed by atoms with van der Waals surface area (Å²) >= 11 is 0. The Morgan fingerprint density at radius 2 is 0.639 bits per heavy atom. The molecule has 5 unspecified atom stereocenters. The van der Waals surface area contributed by atoms with Crippen molar-refractivity contribution in [3.05, 3.63) is 97.2 Å². The number of carbonyl (C=O) groups excluding carboxylic acids is 2. The number of hydrogen-bond acceptors (Lipinski definition) is 13. The van der Waals surface area contributed by atoms with Crippen molar-refractivity contribution in [1.82, 2.24) is 0 Å². The summed E-state index contributed by atoms with van der Waals surface area (Å²) in [5.41, 5.74) is 0. The molecule has 414 valence electrons. The number of phosphoric acid groups is 2. The maximum atomic E-state index is 12.2. The summed E-state index contributed by atoms with van der Waals surface area (Å²) < 4.78 is 53.1. The van der Waals surface area contributed by atoms with Gasteiger partial charge in [0.2, 0.25) is 0 Å². The van der Waals surface area contributed by atoms with Gasteiger partial charge in [0.15, 0.2) is 0 Å². The zero-order valence-corrected chi connectivity index (χ0v) is 45.6. The second-order valence-electron chi connectivity index (χ2n) is 17.5. The average Bonchev–Trinajstić information content (AvgIpc) is 3.36. The Balaban J connectivity index is 3.91. The summed E-state index contributed by atoms with van der Waals surface area (Å²) in [5.74, 6) is -1.03. The monoisotopic (exact) mass is 1060 g/mol. The number of rotatable bonds is 50. The smallest absolute Gasteiger partial charge is 0.463 e. The topological polar surface area (TPSA) is 225 Å². The first-order valence-electron chi connectivity index (χ1n) is 26.6. The highest BCUT2D eigenvalue weighted by atomic mass is 31.2. The minimum atomic E-state index is -4.80. The summed E-state index contributed by atoms with van der Waals surface area (Å²) in [7, 11) is -9.60. The summed E-state index contributed by atoms with van der Waals surface area (Å²) in [6.45, 7) is 0.234. The number of esters is 2. The second kappa shape index (κ2) is 50.1. The third-order valence-corrected chi connectivity index (χ3v) is 12.4. The molecule has 0 spiro atoms. The van der Waals surface area contributed by atoms with Gasteiger partial charge in [-0.1, -0.05) is 169 Å². The van der Waals surface area contributed by atoms with Crippen molar-refractivity contribution in [2.45, 2.75) is 199 Å². The Kier molecular flexibility index (Phi) is 48.0. The van der Waals surface area contributed by atoms with E-state index in [4.69, 9.17) is 18.5 Å². The number of unbranched alkanes of at least 4 members (excludes halogenated alkanes) is 14. The fourth-order valence-corrected chi connectivity index (χ4v) is 8.01. The molecular weight excluding hydrogens is 963 g/mol. The van der Waals surface area contributed by atoms with Crippen molar-refractivity contribution in [2.24, 2.45) is 0 Å². The van der Waals surface area contributed by atoms with Gasteiger partial charge in [-0.2, -0.15) is 0 Å². The van der Waals surface area contributed by atoms with Gasteiger partial charge in [0.05, 0.1) is 26.4 Å². The standard InChI is InChI=1S/C55H94O15P2/c1-3-5-7-9-11-13-15-17-19-21-23-24-26-28-30-32-34-36-38-40-42-44-55(60)66-46-52(57)48-68-72(63,64)70-50-53(58)49-69-71(61,62)67-47-51(56)45-65-54(59)43-41-39-37-35-33-31-29-27-25-22-20-18-16-14-12-10-8-6-4-2/h5,7,11-14,17-20,23-25,27-28,30,51-53,56-58H,3-4,6,8-10,15-16,21-22,26,29,31-50H2,1-2H3,(H,61,62)(H,63,64)/b7-5-,13-11-,14-12-,19-17-,20-18-,24-23-,27-25-,30-28-. The first kappa shape index (κ1) is 69.0. The molecule has 0 amide bonds. The van der Waals surface area contributed by atoms with E-state index in [1.807, 2.05) is 0 Å². The van der Waals surface area contributed by atoms with Crippen LogP contribution in [0.25, 0.3) is 0 Å². The van der Waals surface area contributed by atoms with Gasteiger partial charge >= 0.3 is 27.6 Å². The first-order valence-corrected chi connectivity index (χ1v) is 29.6. The third kappa shape index (κ3) is 51.8. The van der Waals surface area contributed by atoms with Crippen LogP contribution in [0.5, 0.6) is 0 Å². The molecule has 0 aromatic rings. The number of hydrogen-bond donors (Lipinski definition) is 5. The third-order valence-electron chi connectivity index (χ3n) is 10.5. The van der Waals surface area contributed by atoms with E-state index < -0.39 is 85.5 Å². The Morgan fingerprint density at radius 1 is 0.375 bits per heavy atom. The maximum absolute atomic E-state index is 12.2. The molecule has 0 bridgehead atoms. The Bertz CT molecular complexity index is 1650. The minimum absolute atomic E-state index is 0.169. The Labute approximate surface area is 433 Å². The van der Waals surface area contributed by atoms with Crippen molar-refractivity contribution in [3.63, 3.8) is 0 Å². The summed E-state index contributed by atoms with van der Waals surface area (Å²) in [6.07, 6.45) is 55.2. The van der Waals surface area contributed by atoms with Gasteiger partial charge in [-0.05, 0) is 96.3 Å². The molecule has 0 aliphatic carbocycles. The number of ether oxygens (including phenoxy) is 2. The molecule has 0 fully saturated rings. The molecule has 5 N–H and O–H groups in total. The van der Waals surface area contributed by atoms with E-state index in [1.54, 1.807) is 0 Å². The average molecular weight is 1060 g/mol. The predicted octanol–water partition coefficient (Wildman–Crippen LogP) is 13.1. The molecule has 5 atom stereocenters. The Hall–Kier alpha value is -3.04. The van der Waals surface area contributed by atoms with E-state index in [2.05, 4.69) is 120 Å². The molecule has 0 heterocycles. The highest BCUT2D eigenvalue weighted by Gasteiger charge is 2.28. The quantitative estimate of drug-likeness (QED) is 0.0165. The SMILES string of the molecule is CC/C=C\C/C=C\C/C=C\C/C=C\C/C=C\CCCCCCCC(=O)OCC(O)COP(=O)(O)OCC(O)COP(=O)(O)OCC(O)COC(=O)CCCCCCCC/C=C\C/C=C\C/C=C\CCCCC. The van der Waals surface area contributed by atoms with Gasteiger partial charge in [0, 0.05) is 12.8 Å². The molecule has 15 nitrogen and oxygen atoms in total. The van der Waals surface area contributed by atoms with Crippen LogP contribution < -0.4 is 0 Å². The molecule has 72 heavy (non-hydrogen) atoms. The van der Waals surface area contributed by atoms with Gasteiger partial charge in [-0.3, -0.25) is 27.7 Å². The molecule has 0 saturated carbocycles. The van der Waals surface area contributed by atoms with Crippen molar-refractivity contribution >= 4 is 27.6 Å². The molecular formula is C55H94O15P2. The molecule has 0 saturated heterocycles.